The Labute approximate surface area is 193 Å². The maximum absolute atomic E-state index is 12.9. The van der Waals surface area contributed by atoms with Gasteiger partial charge in [0.2, 0.25) is 5.91 Å². The van der Waals surface area contributed by atoms with E-state index in [-0.39, 0.29) is 30.4 Å². The van der Waals surface area contributed by atoms with Crippen LogP contribution in [-0.2, 0) is 11.3 Å². The molecular formula is C24H30N4O5. The number of carbonyl (C=O) groups excluding carboxylic acids is 3. The molecule has 33 heavy (non-hydrogen) atoms. The number of amides is 4. The molecule has 9 heteroatoms. The van der Waals surface area contributed by atoms with E-state index in [2.05, 4.69) is 16.0 Å². The molecule has 0 unspecified atom stereocenters. The van der Waals surface area contributed by atoms with Crippen molar-refractivity contribution in [2.45, 2.75) is 33.4 Å². The van der Waals surface area contributed by atoms with Crippen molar-refractivity contribution in [3.63, 3.8) is 0 Å². The van der Waals surface area contributed by atoms with Crippen molar-refractivity contribution in [3.8, 4) is 11.5 Å². The van der Waals surface area contributed by atoms with Crippen LogP contribution in [0, 0.1) is 0 Å². The van der Waals surface area contributed by atoms with Gasteiger partial charge in [0.1, 0.15) is 19.8 Å². The minimum Gasteiger partial charge on any atom is -0.486 e. The number of hydrogen-bond donors (Lipinski definition) is 3. The topological polar surface area (TPSA) is 109 Å². The van der Waals surface area contributed by atoms with Gasteiger partial charge < -0.3 is 30.3 Å². The number of rotatable bonds is 8. The molecule has 0 radical (unpaired) electrons. The van der Waals surface area contributed by atoms with E-state index in [9.17, 15) is 14.4 Å². The lowest BCUT2D eigenvalue weighted by atomic mass is 10.1. The Bertz CT molecular complexity index is 991. The largest absolute Gasteiger partial charge is 0.486 e. The molecule has 2 aromatic rings. The SMILES string of the molecule is CCN(CC(=O)Nc1ccc2c(c1)OCCO2)C(=O)c1ccc(CNC(=O)NC(C)C)cc1. The minimum absolute atomic E-state index is 0.0526. The zero-order chi connectivity index (χ0) is 23.8. The molecule has 3 N–H and O–H groups in total. The standard InChI is InChI=1S/C24H30N4O5/c1-4-28(15-22(29)27-19-9-10-20-21(13-19)33-12-11-32-20)23(30)18-7-5-17(6-8-18)14-25-24(31)26-16(2)3/h5-10,13,16H,4,11-12,14-15H2,1-3H3,(H,27,29)(H2,25,26,31). The van der Waals surface area contributed by atoms with Gasteiger partial charge >= 0.3 is 6.03 Å². The Kier molecular flexibility index (Phi) is 8.12. The molecule has 0 fully saturated rings. The Hall–Kier alpha value is -3.75. The molecule has 1 aliphatic heterocycles. The molecule has 0 aromatic heterocycles. The summed E-state index contributed by atoms with van der Waals surface area (Å²) in [7, 11) is 0. The third kappa shape index (κ3) is 6.86. The van der Waals surface area contributed by atoms with Crippen molar-refractivity contribution < 1.29 is 23.9 Å². The van der Waals surface area contributed by atoms with Crippen molar-refractivity contribution in [2.24, 2.45) is 0 Å². The van der Waals surface area contributed by atoms with Crippen molar-refractivity contribution in [1.82, 2.24) is 15.5 Å². The molecule has 0 saturated heterocycles. The van der Waals surface area contributed by atoms with Gasteiger partial charge in [0, 0.05) is 36.4 Å². The quantitative estimate of drug-likeness (QED) is 0.568. The molecule has 0 aliphatic carbocycles. The summed E-state index contributed by atoms with van der Waals surface area (Å²) in [5.41, 5.74) is 1.91. The van der Waals surface area contributed by atoms with Crippen molar-refractivity contribution in [2.75, 3.05) is 31.6 Å². The Balaban J connectivity index is 1.54. The molecule has 1 aliphatic rings. The van der Waals surface area contributed by atoms with E-state index in [0.29, 0.717) is 49.1 Å². The van der Waals surface area contributed by atoms with E-state index in [1.807, 2.05) is 20.8 Å². The summed E-state index contributed by atoms with van der Waals surface area (Å²) < 4.78 is 11.0. The van der Waals surface area contributed by atoms with Gasteiger partial charge in [0.15, 0.2) is 11.5 Å². The molecule has 3 rings (SSSR count). The van der Waals surface area contributed by atoms with E-state index in [1.54, 1.807) is 42.5 Å². The summed E-state index contributed by atoms with van der Waals surface area (Å²) >= 11 is 0. The average Bonchev–Trinajstić information content (AvgIpc) is 2.80. The Morgan fingerprint density at radius 2 is 1.70 bits per heavy atom. The number of likely N-dealkylation sites (N-methyl/N-ethyl adjacent to an activating group) is 1. The van der Waals surface area contributed by atoms with Crippen LogP contribution in [0.25, 0.3) is 0 Å². The highest BCUT2D eigenvalue weighted by atomic mass is 16.6. The van der Waals surface area contributed by atoms with Gasteiger partial charge in [0.05, 0.1) is 0 Å². The third-order valence-electron chi connectivity index (χ3n) is 4.90. The second-order valence-corrected chi connectivity index (χ2v) is 7.90. The lowest BCUT2D eigenvalue weighted by Crippen LogP contribution is -2.39. The fourth-order valence-electron chi connectivity index (χ4n) is 3.27. The molecule has 0 saturated carbocycles. The average molecular weight is 455 g/mol. The summed E-state index contributed by atoms with van der Waals surface area (Å²) in [5.74, 6) is 0.674. The van der Waals surface area contributed by atoms with E-state index in [4.69, 9.17) is 9.47 Å². The van der Waals surface area contributed by atoms with Gasteiger partial charge in [-0.25, -0.2) is 4.79 Å². The number of hydrogen-bond acceptors (Lipinski definition) is 5. The van der Waals surface area contributed by atoms with Crippen LogP contribution in [0.15, 0.2) is 42.5 Å². The lowest BCUT2D eigenvalue weighted by molar-refractivity contribution is -0.116. The van der Waals surface area contributed by atoms with E-state index in [1.165, 1.54) is 4.90 Å². The van der Waals surface area contributed by atoms with Gasteiger partial charge in [-0.3, -0.25) is 9.59 Å². The lowest BCUT2D eigenvalue weighted by Gasteiger charge is -2.21. The van der Waals surface area contributed by atoms with E-state index >= 15 is 0 Å². The summed E-state index contributed by atoms with van der Waals surface area (Å²) in [6, 6.07) is 12.0. The van der Waals surface area contributed by atoms with Crippen LogP contribution in [-0.4, -0.2) is 55.1 Å². The van der Waals surface area contributed by atoms with Crippen LogP contribution in [0.4, 0.5) is 10.5 Å². The first-order valence-corrected chi connectivity index (χ1v) is 11.0. The number of nitrogens with zero attached hydrogens (tertiary/aromatic N) is 1. The molecule has 0 spiro atoms. The highest BCUT2D eigenvalue weighted by Crippen LogP contribution is 2.32. The molecule has 2 aromatic carbocycles. The molecule has 176 valence electrons. The van der Waals surface area contributed by atoms with Crippen LogP contribution in [0.5, 0.6) is 11.5 Å². The van der Waals surface area contributed by atoms with Gasteiger partial charge in [-0.2, -0.15) is 0 Å². The number of nitrogens with one attached hydrogen (secondary N) is 3. The molecule has 0 bridgehead atoms. The molecule has 0 atom stereocenters. The summed E-state index contributed by atoms with van der Waals surface area (Å²) in [4.78, 5) is 38.6. The number of fused-ring (bicyclic) bond motifs is 1. The van der Waals surface area contributed by atoms with Gasteiger partial charge in [0.25, 0.3) is 5.91 Å². The normalized spacial score (nSPS) is 12.1. The first-order chi connectivity index (χ1) is 15.9. The van der Waals surface area contributed by atoms with Gasteiger partial charge in [-0.15, -0.1) is 0 Å². The minimum atomic E-state index is -0.307. The second kappa shape index (κ2) is 11.2. The number of ether oxygens (including phenoxy) is 2. The summed E-state index contributed by atoms with van der Waals surface area (Å²) in [6.45, 7) is 7.20. The molecular weight excluding hydrogens is 424 g/mol. The highest BCUT2D eigenvalue weighted by molar-refractivity contribution is 5.99. The Morgan fingerprint density at radius 1 is 1.00 bits per heavy atom. The fourth-order valence-corrected chi connectivity index (χ4v) is 3.27. The van der Waals surface area contributed by atoms with Crippen molar-refractivity contribution in [3.05, 3.63) is 53.6 Å². The number of benzene rings is 2. The first-order valence-electron chi connectivity index (χ1n) is 11.0. The van der Waals surface area contributed by atoms with Gasteiger partial charge in [-0.1, -0.05) is 12.1 Å². The predicted octanol–water partition coefficient (Wildman–Crippen LogP) is 2.77. The van der Waals surface area contributed by atoms with Crippen molar-refractivity contribution in [1.29, 1.82) is 0 Å². The van der Waals surface area contributed by atoms with Crippen LogP contribution >= 0.6 is 0 Å². The molecule has 9 nitrogen and oxygen atoms in total. The van der Waals surface area contributed by atoms with E-state index in [0.717, 1.165) is 5.56 Å². The number of carbonyl (C=O) groups is 3. The predicted molar refractivity (Wildman–Crippen MR) is 125 cm³/mol. The molecule has 1 heterocycles. The van der Waals surface area contributed by atoms with E-state index < -0.39 is 0 Å². The third-order valence-corrected chi connectivity index (χ3v) is 4.90. The fraction of sp³-hybridized carbons (Fsp3) is 0.375. The van der Waals surface area contributed by atoms with Crippen LogP contribution in [0.1, 0.15) is 36.7 Å². The van der Waals surface area contributed by atoms with Gasteiger partial charge in [-0.05, 0) is 50.6 Å². The maximum atomic E-state index is 12.9. The van der Waals surface area contributed by atoms with Crippen LogP contribution in [0.2, 0.25) is 0 Å². The monoisotopic (exact) mass is 454 g/mol. The number of anilines is 1. The summed E-state index contributed by atoms with van der Waals surface area (Å²) in [6.07, 6.45) is 0. The number of urea groups is 1. The highest BCUT2D eigenvalue weighted by Gasteiger charge is 2.18. The molecule has 4 amide bonds. The second-order valence-electron chi connectivity index (χ2n) is 7.90. The maximum Gasteiger partial charge on any atom is 0.315 e. The smallest absolute Gasteiger partial charge is 0.315 e. The van der Waals surface area contributed by atoms with Crippen LogP contribution < -0.4 is 25.4 Å². The summed E-state index contributed by atoms with van der Waals surface area (Å²) in [5, 5.41) is 8.32. The van der Waals surface area contributed by atoms with Crippen LogP contribution in [0.3, 0.4) is 0 Å². The van der Waals surface area contributed by atoms with Crippen molar-refractivity contribution >= 4 is 23.5 Å². The zero-order valence-electron chi connectivity index (χ0n) is 19.1. The Morgan fingerprint density at radius 3 is 2.36 bits per heavy atom. The zero-order valence-corrected chi connectivity index (χ0v) is 19.1. The first kappa shape index (κ1) is 23.9.